The number of fused-ring (bicyclic) bond motifs is 1. The summed E-state index contributed by atoms with van der Waals surface area (Å²) < 4.78 is 5.94. The quantitative estimate of drug-likeness (QED) is 0.589. The molecular weight excluding hydrogens is 408 g/mol. The lowest BCUT2D eigenvalue weighted by Gasteiger charge is -2.48. The Morgan fingerprint density at radius 3 is 2.58 bits per heavy atom. The zero-order valence-corrected chi connectivity index (χ0v) is 19.6. The molecule has 2 aliphatic rings. The van der Waals surface area contributed by atoms with E-state index in [1.165, 1.54) is 29.5 Å². The maximum atomic E-state index is 13.0. The Bertz CT molecular complexity index is 928. The fraction of sp³-hybridized carbons (Fsp3) is 0.500. The van der Waals surface area contributed by atoms with E-state index in [-0.39, 0.29) is 5.91 Å². The molecule has 31 heavy (non-hydrogen) atoms. The van der Waals surface area contributed by atoms with Gasteiger partial charge in [0, 0.05) is 42.3 Å². The van der Waals surface area contributed by atoms with Gasteiger partial charge in [-0.3, -0.25) is 9.69 Å². The first-order chi connectivity index (χ1) is 15.0. The minimum Gasteiger partial charge on any atom is -0.493 e. The lowest BCUT2D eigenvalue weighted by atomic mass is 9.86. The van der Waals surface area contributed by atoms with Crippen LogP contribution in [0.2, 0.25) is 5.02 Å². The molecule has 2 saturated heterocycles. The second-order valence-corrected chi connectivity index (χ2v) is 9.28. The lowest BCUT2D eigenvalue weighted by molar-refractivity contribution is 0.0101. The summed E-state index contributed by atoms with van der Waals surface area (Å²) >= 11 is 5.99. The van der Waals surface area contributed by atoms with Crippen LogP contribution in [0.1, 0.15) is 65.7 Å². The standard InChI is InChI=1S/C26H33ClN2O2/c1-4-16-31-25-13-12-23(18(2)19(25)3)24-7-5-6-22-17-28(14-15-29(22)24)26(30)20-8-10-21(27)11-9-20/h8-13,22,24H,4-7,14-17H2,1-3H3/t22-,24?/m0/s1. The van der Waals surface area contributed by atoms with E-state index in [9.17, 15) is 4.79 Å². The molecule has 2 aromatic rings. The number of carbonyl (C=O) groups excluding carboxylic acids is 1. The molecule has 2 aliphatic heterocycles. The van der Waals surface area contributed by atoms with Crippen LogP contribution >= 0.6 is 11.6 Å². The van der Waals surface area contributed by atoms with Gasteiger partial charge in [0.25, 0.3) is 5.91 Å². The van der Waals surface area contributed by atoms with Crippen LogP contribution in [-0.2, 0) is 0 Å². The average molecular weight is 441 g/mol. The van der Waals surface area contributed by atoms with E-state index in [1.807, 2.05) is 17.0 Å². The molecule has 0 aliphatic carbocycles. The zero-order chi connectivity index (χ0) is 22.0. The molecule has 2 fully saturated rings. The molecule has 0 aromatic heterocycles. The van der Waals surface area contributed by atoms with Gasteiger partial charge in [-0.1, -0.05) is 24.6 Å². The van der Waals surface area contributed by atoms with Crippen LogP contribution in [0.15, 0.2) is 36.4 Å². The Morgan fingerprint density at radius 2 is 1.84 bits per heavy atom. The maximum absolute atomic E-state index is 13.0. The van der Waals surface area contributed by atoms with Gasteiger partial charge in [-0.2, -0.15) is 0 Å². The number of nitrogens with zero attached hydrogens (tertiary/aromatic N) is 2. The summed E-state index contributed by atoms with van der Waals surface area (Å²) in [4.78, 5) is 17.7. The van der Waals surface area contributed by atoms with Crippen LogP contribution in [0.4, 0.5) is 0 Å². The van der Waals surface area contributed by atoms with Gasteiger partial charge in [0.15, 0.2) is 0 Å². The highest BCUT2D eigenvalue weighted by molar-refractivity contribution is 6.30. The number of hydrogen-bond acceptors (Lipinski definition) is 3. The molecule has 0 bridgehead atoms. The first kappa shape index (κ1) is 22.2. The van der Waals surface area contributed by atoms with E-state index in [0.29, 0.717) is 17.1 Å². The second-order valence-electron chi connectivity index (χ2n) is 8.85. The van der Waals surface area contributed by atoms with E-state index in [1.54, 1.807) is 12.1 Å². The highest BCUT2D eigenvalue weighted by atomic mass is 35.5. The molecule has 1 amide bonds. The molecular formula is C26H33ClN2O2. The largest absolute Gasteiger partial charge is 0.493 e. The Kier molecular flexibility index (Phi) is 6.88. The molecule has 2 atom stereocenters. The molecule has 4 nitrogen and oxygen atoms in total. The zero-order valence-electron chi connectivity index (χ0n) is 18.9. The lowest BCUT2D eigenvalue weighted by Crippen LogP contribution is -2.57. The van der Waals surface area contributed by atoms with Crippen LogP contribution in [0.25, 0.3) is 0 Å². The van der Waals surface area contributed by atoms with E-state index in [2.05, 4.69) is 37.8 Å². The van der Waals surface area contributed by atoms with Crippen molar-refractivity contribution in [3.8, 4) is 5.75 Å². The third-order valence-electron chi connectivity index (χ3n) is 6.92. The van der Waals surface area contributed by atoms with Gasteiger partial charge in [-0.05, 0) is 86.6 Å². The summed E-state index contributed by atoms with van der Waals surface area (Å²) in [7, 11) is 0. The molecule has 5 heteroatoms. The van der Waals surface area contributed by atoms with Crippen molar-refractivity contribution in [2.75, 3.05) is 26.2 Å². The van der Waals surface area contributed by atoms with Gasteiger partial charge in [0.1, 0.15) is 5.75 Å². The van der Waals surface area contributed by atoms with Crippen LogP contribution < -0.4 is 4.74 Å². The first-order valence-electron chi connectivity index (χ1n) is 11.5. The number of benzene rings is 2. The van der Waals surface area contributed by atoms with Crippen molar-refractivity contribution in [1.82, 2.24) is 9.80 Å². The van der Waals surface area contributed by atoms with Crippen LogP contribution in [0.3, 0.4) is 0 Å². The van der Waals surface area contributed by atoms with Crippen molar-refractivity contribution >= 4 is 17.5 Å². The molecule has 166 valence electrons. The predicted molar refractivity (Wildman–Crippen MR) is 126 cm³/mol. The Labute approximate surface area is 191 Å². The molecule has 0 saturated carbocycles. The fourth-order valence-electron chi connectivity index (χ4n) is 5.09. The average Bonchev–Trinajstić information content (AvgIpc) is 2.79. The van der Waals surface area contributed by atoms with E-state index < -0.39 is 0 Å². The van der Waals surface area contributed by atoms with Crippen LogP contribution in [0.5, 0.6) is 5.75 Å². The summed E-state index contributed by atoms with van der Waals surface area (Å²) in [5.74, 6) is 1.12. The number of piperazine rings is 1. The number of halogens is 1. The van der Waals surface area contributed by atoms with E-state index in [0.717, 1.165) is 50.4 Å². The third-order valence-corrected chi connectivity index (χ3v) is 7.17. The normalized spacial score (nSPS) is 21.6. The monoisotopic (exact) mass is 440 g/mol. The summed E-state index contributed by atoms with van der Waals surface area (Å²) in [5.41, 5.74) is 4.74. The molecule has 2 aromatic carbocycles. The number of rotatable bonds is 5. The molecule has 2 heterocycles. The highest BCUT2D eigenvalue weighted by Gasteiger charge is 2.37. The molecule has 0 spiro atoms. The van der Waals surface area contributed by atoms with Crippen molar-refractivity contribution in [3.63, 3.8) is 0 Å². The summed E-state index contributed by atoms with van der Waals surface area (Å²) in [5, 5.41) is 0.660. The van der Waals surface area contributed by atoms with E-state index >= 15 is 0 Å². The number of piperidine rings is 1. The van der Waals surface area contributed by atoms with Crippen molar-refractivity contribution in [3.05, 3.63) is 63.7 Å². The Morgan fingerprint density at radius 1 is 1.06 bits per heavy atom. The van der Waals surface area contributed by atoms with Crippen molar-refractivity contribution in [2.24, 2.45) is 0 Å². The molecule has 0 radical (unpaired) electrons. The van der Waals surface area contributed by atoms with Crippen molar-refractivity contribution < 1.29 is 9.53 Å². The van der Waals surface area contributed by atoms with E-state index in [4.69, 9.17) is 16.3 Å². The minimum atomic E-state index is 0.114. The van der Waals surface area contributed by atoms with Crippen molar-refractivity contribution in [1.29, 1.82) is 0 Å². The molecule has 4 rings (SSSR count). The maximum Gasteiger partial charge on any atom is 0.253 e. The number of ether oxygens (including phenoxy) is 1. The first-order valence-corrected chi connectivity index (χ1v) is 11.9. The second kappa shape index (κ2) is 9.62. The third kappa shape index (κ3) is 4.61. The number of carbonyl (C=O) groups is 1. The number of hydrogen-bond donors (Lipinski definition) is 0. The molecule has 1 unspecified atom stereocenters. The molecule has 0 N–H and O–H groups in total. The van der Waals surface area contributed by atoms with Gasteiger partial charge in [0.05, 0.1) is 6.61 Å². The van der Waals surface area contributed by atoms with Gasteiger partial charge >= 0.3 is 0 Å². The summed E-state index contributed by atoms with van der Waals surface area (Å²) in [6, 6.07) is 12.5. The topological polar surface area (TPSA) is 32.8 Å². The summed E-state index contributed by atoms with van der Waals surface area (Å²) in [6.45, 7) is 9.78. The Hall–Kier alpha value is -2.04. The minimum absolute atomic E-state index is 0.114. The van der Waals surface area contributed by atoms with Crippen LogP contribution in [-0.4, -0.2) is 48.0 Å². The van der Waals surface area contributed by atoms with Crippen molar-refractivity contribution in [2.45, 2.75) is 58.5 Å². The van der Waals surface area contributed by atoms with Crippen LogP contribution in [0, 0.1) is 13.8 Å². The highest BCUT2D eigenvalue weighted by Crippen LogP contribution is 2.39. The smallest absolute Gasteiger partial charge is 0.253 e. The summed E-state index contributed by atoms with van der Waals surface area (Å²) in [6.07, 6.45) is 4.54. The van der Waals surface area contributed by atoms with Gasteiger partial charge in [0.2, 0.25) is 0 Å². The Balaban J connectivity index is 1.49. The van der Waals surface area contributed by atoms with Gasteiger partial charge in [-0.15, -0.1) is 0 Å². The van der Waals surface area contributed by atoms with Gasteiger partial charge < -0.3 is 9.64 Å². The SMILES string of the molecule is CCCOc1ccc(C2CCC[C@H]3CN(C(=O)c4ccc(Cl)cc4)CCN23)c(C)c1C. The fourth-order valence-corrected chi connectivity index (χ4v) is 5.22. The van der Waals surface area contributed by atoms with Gasteiger partial charge in [-0.25, -0.2) is 0 Å². The number of amides is 1. The predicted octanol–water partition coefficient (Wildman–Crippen LogP) is 5.80.